The first-order valence-corrected chi connectivity index (χ1v) is 21.9. The second-order valence-corrected chi connectivity index (χ2v) is 18.3. The summed E-state index contributed by atoms with van der Waals surface area (Å²) in [6.45, 7) is -0.105. The van der Waals surface area contributed by atoms with E-state index in [0.29, 0.717) is 54.1 Å². The van der Waals surface area contributed by atoms with Crippen LogP contribution >= 0.6 is 0 Å². The number of carbonyl (C=O) groups is 4. The van der Waals surface area contributed by atoms with Gasteiger partial charge in [0.2, 0.25) is 21.8 Å². The number of amides is 4. The van der Waals surface area contributed by atoms with E-state index in [1.807, 2.05) is 30.4 Å². The van der Waals surface area contributed by atoms with Crippen LogP contribution in [0, 0.1) is 11.7 Å². The van der Waals surface area contributed by atoms with Crippen molar-refractivity contribution in [3.05, 3.63) is 60.4 Å². The molecule has 0 radical (unpaired) electrons. The number of pyridine rings is 1. The topological polar surface area (TPSA) is 186 Å². The number of nitrogens with one attached hydrogen (secondary N) is 3. The average molecular weight is 816 g/mol. The maximum absolute atomic E-state index is 14.8. The van der Waals surface area contributed by atoms with Gasteiger partial charge in [-0.05, 0) is 94.5 Å². The van der Waals surface area contributed by atoms with Crippen LogP contribution in [-0.2, 0) is 29.1 Å². The number of hydrogen-bond acceptors (Lipinski definition) is 10. The Hall–Kier alpha value is -5.25. The minimum Gasteiger partial charge on any atom is -0.484 e. The van der Waals surface area contributed by atoms with Gasteiger partial charge in [0.25, 0.3) is 5.91 Å². The number of para-hydroxylation sites is 1. The predicted molar refractivity (Wildman–Crippen MR) is 210 cm³/mol. The molecule has 3 aliphatic carbocycles. The van der Waals surface area contributed by atoms with Crippen LogP contribution < -0.4 is 20.1 Å². The van der Waals surface area contributed by atoms with Gasteiger partial charge in [0.1, 0.15) is 46.7 Å². The van der Waals surface area contributed by atoms with Gasteiger partial charge < -0.3 is 29.4 Å². The molecule has 2 aliphatic heterocycles. The average Bonchev–Trinajstić information content (AvgIpc) is 4.01. The molecule has 58 heavy (non-hydrogen) atoms. The van der Waals surface area contributed by atoms with Gasteiger partial charge in [-0.1, -0.05) is 37.1 Å². The highest BCUT2D eigenvalue weighted by atomic mass is 32.2. The Labute approximate surface area is 334 Å². The molecule has 14 nitrogen and oxygen atoms in total. The maximum atomic E-state index is 14.8. The summed E-state index contributed by atoms with van der Waals surface area (Å²) in [6.07, 6.45) is 9.54. The number of nitrogens with zero attached hydrogens (tertiary/aromatic N) is 2. The SMILES string of the molecule is O=C(N[C@@H]1CCCCC/C=C\[C@@H]2C[C@@]2(C(=O)NS(=O)(=O)C2CC2)NC(=O)[C@@H]2C[C@H](Oc3c4cc(F)ccc4nc4c3oc3ccccc34)CN2C1=O)OC1CCCC1. The van der Waals surface area contributed by atoms with Gasteiger partial charge >= 0.3 is 6.09 Å². The third-order valence-electron chi connectivity index (χ3n) is 12.2. The minimum absolute atomic E-state index is 0.0454. The standard InChI is InChI=1S/C42H46FN5O9S/c43-25-16-19-31-30(20-25)36(37-35(44-31)29-13-8-9-15-34(29)57-37)55-27-21-33-38(49)46-42(40(51)47-58(53,54)28-17-18-28)22-24(42)10-4-2-1-3-5-14-32(39(50)48(33)23-27)45-41(52)56-26-11-6-7-12-26/h4,8-10,13,15-16,19-20,24,26-28,32-33H,1-3,5-7,11-12,14,17-18,21-23H2,(H,45,52)(H,46,49)(H,47,51)/b10-4-/t24-,27+,32-,33+,42-/m1/s1. The molecule has 4 heterocycles. The lowest BCUT2D eigenvalue weighted by molar-refractivity contribution is -0.141. The number of allylic oxidation sites excluding steroid dienone is 1. The molecule has 0 spiro atoms. The van der Waals surface area contributed by atoms with Crippen LogP contribution in [0.5, 0.6) is 5.75 Å². The lowest BCUT2D eigenvalue weighted by Crippen LogP contribution is -2.58. The largest absolute Gasteiger partial charge is 0.484 e. The van der Waals surface area contributed by atoms with Gasteiger partial charge in [-0.25, -0.2) is 22.6 Å². The Morgan fingerprint density at radius 1 is 0.966 bits per heavy atom. The van der Waals surface area contributed by atoms with Crippen LogP contribution in [0.3, 0.4) is 0 Å². The van der Waals surface area contributed by atoms with Crippen molar-refractivity contribution in [2.75, 3.05) is 6.54 Å². The van der Waals surface area contributed by atoms with Crippen LogP contribution in [-0.4, -0.2) is 83.7 Å². The van der Waals surface area contributed by atoms with Gasteiger partial charge in [-0.3, -0.25) is 19.1 Å². The van der Waals surface area contributed by atoms with E-state index in [1.54, 1.807) is 12.1 Å². The zero-order valence-electron chi connectivity index (χ0n) is 31.9. The molecule has 9 rings (SSSR count). The van der Waals surface area contributed by atoms with Crippen molar-refractivity contribution < 1.29 is 45.9 Å². The predicted octanol–water partition coefficient (Wildman–Crippen LogP) is 5.66. The molecule has 306 valence electrons. The van der Waals surface area contributed by atoms with E-state index in [0.717, 1.165) is 43.9 Å². The second-order valence-electron chi connectivity index (χ2n) is 16.4. The van der Waals surface area contributed by atoms with E-state index in [1.165, 1.54) is 17.0 Å². The van der Waals surface area contributed by atoms with Crippen molar-refractivity contribution in [2.45, 2.75) is 119 Å². The van der Waals surface area contributed by atoms with Crippen LogP contribution in [0.4, 0.5) is 9.18 Å². The number of halogens is 1. The Bertz CT molecular complexity index is 2440. The van der Waals surface area contributed by atoms with Gasteiger partial charge in [0, 0.05) is 23.1 Å². The summed E-state index contributed by atoms with van der Waals surface area (Å²) >= 11 is 0. The number of carbonyl (C=O) groups excluding carboxylic acids is 4. The van der Waals surface area contributed by atoms with Gasteiger partial charge in [0.05, 0.1) is 17.3 Å². The minimum atomic E-state index is -3.93. The lowest BCUT2D eigenvalue weighted by atomic mass is 10.0. The highest BCUT2D eigenvalue weighted by molar-refractivity contribution is 7.91. The summed E-state index contributed by atoms with van der Waals surface area (Å²) in [5.74, 6) is -2.81. The van der Waals surface area contributed by atoms with Crippen LogP contribution in [0.25, 0.3) is 33.0 Å². The fourth-order valence-corrected chi connectivity index (χ4v) is 10.2. The van der Waals surface area contributed by atoms with E-state index in [9.17, 15) is 32.0 Å². The summed E-state index contributed by atoms with van der Waals surface area (Å²) in [5.41, 5.74) is 0.208. The van der Waals surface area contributed by atoms with Crippen molar-refractivity contribution in [3.8, 4) is 5.75 Å². The zero-order valence-corrected chi connectivity index (χ0v) is 32.7. The fraction of sp³-hybridized carbons (Fsp3) is 0.500. The molecule has 0 bridgehead atoms. The van der Waals surface area contributed by atoms with Gasteiger partial charge in [0.15, 0.2) is 11.3 Å². The monoisotopic (exact) mass is 815 g/mol. The first-order chi connectivity index (χ1) is 28.0. The molecular weight excluding hydrogens is 770 g/mol. The van der Waals surface area contributed by atoms with Crippen molar-refractivity contribution >= 4 is 66.8 Å². The smallest absolute Gasteiger partial charge is 0.408 e. The molecule has 4 fully saturated rings. The Morgan fingerprint density at radius 2 is 1.76 bits per heavy atom. The summed E-state index contributed by atoms with van der Waals surface area (Å²) in [6, 6.07) is 9.23. The van der Waals surface area contributed by atoms with Crippen molar-refractivity contribution in [3.63, 3.8) is 0 Å². The molecule has 4 amide bonds. The molecule has 5 aliphatic rings. The molecule has 2 aromatic heterocycles. The van der Waals surface area contributed by atoms with E-state index >= 15 is 0 Å². The summed E-state index contributed by atoms with van der Waals surface area (Å²) in [5, 5.41) is 6.08. The quantitative estimate of drug-likeness (QED) is 0.197. The fourth-order valence-electron chi connectivity index (χ4n) is 8.79. The third-order valence-corrected chi connectivity index (χ3v) is 14.0. The van der Waals surface area contributed by atoms with Crippen molar-refractivity contribution in [1.82, 2.24) is 25.2 Å². The van der Waals surface area contributed by atoms with Crippen molar-refractivity contribution in [2.24, 2.45) is 5.92 Å². The first-order valence-electron chi connectivity index (χ1n) is 20.4. The number of ether oxygens (including phenoxy) is 2. The van der Waals surface area contributed by atoms with Gasteiger partial charge in [-0.15, -0.1) is 0 Å². The Kier molecular flexibility index (Phi) is 10.0. The molecular formula is C42H46FN5O9S. The molecule has 0 unspecified atom stereocenters. The summed E-state index contributed by atoms with van der Waals surface area (Å²) < 4.78 is 61.5. The first kappa shape index (κ1) is 38.3. The number of hydrogen-bond donors (Lipinski definition) is 3. The molecule has 1 saturated heterocycles. The lowest BCUT2D eigenvalue weighted by Gasteiger charge is -2.30. The number of benzene rings is 2. The maximum Gasteiger partial charge on any atom is 0.408 e. The second kappa shape index (κ2) is 15.2. The number of fused-ring (bicyclic) bond motifs is 6. The molecule has 2 aromatic carbocycles. The number of furan rings is 1. The number of rotatable bonds is 7. The highest BCUT2D eigenvalue weighted by Crippen LogP contribution is 2.46. The third kappa shape index (κ3) is 7.46. The molecule has 3 saturated carbocycles. The van der Waals surface area contributed by atoms with E-state index < -0.39 is 74.5 Å². The van der Waals surface area contributed by atoms with Gasteiger partial charge in [-0.2, -0.15) is 0 Å². The number of alkyl carbamates (subject to hydrolysis) is 1. The molecule has 4 aromatic rings. The Balaban J connectivity index is 1.06. The normalized spacial score (nSPS) is 27.6. The molecule has 3 N–H and O–H groups in total. The highest BCUT2D eigenvalue weighted by Gasteiger charge is 2.62. The summed E-state index contributed by atoms with van der Waals surface area (Å²) in [4.78, 5) is 62.5. The van der Waals surface area contributed by atoms with Crippen LogP contribution in [0.15, 0.2) is 59.0 Å². The van der Waals surface area contributed by atoms with E-state index in [-0.39, 0.29) is 36.8 Å². The zero-order chi connectivity index (χ0) is 40.2. The molecule has 5 atom stereocenters. The Morgan fingerprint density at radius 3 is 2.57 bits per heavy atom. The van der Waals surface area contributed by atoms with E-state index in [2.05, 4.69) is 15.4 Å². The number of sulfonamides is 1. The van der Waals surface area contributed by atoms with Crippen molar-refractivity contribution in [1.29, 1.82) is 0 Å². The van der Waals surface area contributed by atoms with E-state index in [4.69, 9.17) is 18.9 Å². The van der Waals surface area contributed by atoms with Crippen LogP contribution in [0.1, 0.15) is 83.5 Å². The number of aromatic nitrogens is 1. The van der Waals surface area contributed by atoms with Crippen LogP contribution in [0.2, 0.25) is 0 Å². The summed E-state index contributed by atoms with van der Waals surface area (Å²) in [7, 11) is -3.93. The molecule has 16 heteroatoms.